The molecule has 0 aromatic heterocycles. The van der Waals surface area contributed by atoms with Gasteiger partial charge in [-0.05, 0) is 47.8 Å². The fourth-order valence-electron chi connectivity index (χ4n) is 5.57. The lowest BCUT2D eigenvalue weighted by molar-refractivity contribution is 0.123. The van der Waals surface area contributed by atoms with Crippen molar-refractivity contribution >= 4 is 0 Å². The minimum Gasteiger partial charge on any atom is -0.393 e. The number of hydrogen-bond acceptors (Lipinski definition) is 1. The lowest BCUT2D eigenvalue weighted by atomic mass is 9.79. The third-order valence-corrected chi connectivity index (χ3v) is 5.81. The third kappa shape index (κ3) is 0.587. The normalized spacial score (nSPS) is 69.2. The second-order valence-corrected chi connectivity index (χ2v) is 5.97. The van der Waals surface area contributed by atoms with Crippen molar-refractivity contribution in [3.05, 3.63) is 0 Å². The zero-order chi connectivity index (χ0) is 9.43. The highest BCUT2D eigenvalue weighted by Crippen LogP contribution is 2.86. The van der Waals surface area contributed by atoms with E-state index in [9.17, 15) is 5.11 Å². The van der Waals surface area contributed by atoms with E-state index in [-0.39, 0.29) is 6.10 Å². The Balaban J connectivity index is 2.06. The molecule has 0 aromatic carbocycles. The Labute approximate surface area is 80.5 Å². The molecule has 0 aliphatic heterocycles. The maximum Gasteiger partial charge on any atom is 0.0582 e. The Kier molecular flexibility index (Phi) is 1.26. The van der Waals surface area contributed by atoms with Gasteiger partial charge in [0.2, 0.25) is 0 Å². The highest BCUT2D eigenvalue weighted by atomic mass is 16.3. The second kappa shape index (κ2) is 1.98. The summed E-state index contributed by atoms with van der Waals surface area (Å²) in [4.78, 5) is 0. The molecule has 1 nitrogen and oxygen atoms in total. The molecule has 0 aromatic rings. The highest BCUT2D eigenvalue weighted by Gasteiger charge is 2.83. The molecule has 3 aliphatic rings. The van der Waals surface area contributed by atoms with Crippen molar-refractivity contribution in [3.63, 3.8) is 0 Å². The molecule has 3 fully saturated rings. The molecule has 0 radical (unpaired) electrons. The first kappa shape index (κ1) is 8.28. The van der Waals surface area contributed by atoms with Crippen LogP contribution in [0, 0.1) is 28.6 Å². The molecule has 3 aliphatic carbocycles. The molecule has 1 spiro atoms. The minimum atomic E-state index is 0.0164. The molecule has 1 heteroatoms. The summed E-state index contributed by atoms with van der Waals surface area (Å²) < 4.78 is 0. The van der Waals surface area contributed by atoms with Gasteiger partial charge in [0.05, 0.1) is 6.10 Å². The predicted molar refractivity (Wildman–Crippen MR) is 52.2 cm³/mol. The van der Waals surface area contributed by atoms with E-state index in [1.54, 1.807) is 0 Å². The van der Waals surface area contributed by atoms with Gasteiger partial charge in [0.25, 0.3) is 0 Å². The second-order valence-electron chi connectivity index (χ2n) is 5.97. The maximum atomic E-state index is 9.99. The van der Waals surface area contributed by atoms with Crippen molar-refractivity contribution in [2.24, 2.45) is 28.6 Å². The Morgan fingerprint density at radius 3 is 2.46 bits per heavy atom. The van der Waals surface area contributed by atoms with Crippen LogP contribution in [0.15, 0.2) is 0 Å². The molecule has 6 atom stereocenters. The van der Waals surface area contributed by atoms with Gasteiger partial charge in [-0.3, -0.25) is 0 Å². The largest absolute Gasteiger partial charge is 0.393 e. The van der Waals surface area contributed by atoms with Crippen LogP contribution in [-0.4, -0.2) is 11.2 Å². The van der Waals surface area contributed by atoms with Crippen LogP contribution in [0.1, 0.15) is 40.0 Å². The van der Waals surface area contributed by atoms with Crippen LogP contribution in [0.4, 0.5) is 0 Å². The van der Waals surface area contributed by atoms with Crippen LogP contribution in [0.25, 0.3) is 0 Å². The third-order valence-electron chi connectivity index (χ3n) is 5.81. The molecule has 0 amide bonds. The average molecular weight is 180 g/mol. The molecule has 3 saturated carbocycles. The number of aliphatic hydroxyl groups is 1. The van der Waals surface area contributed by atoms with E-state index in [4.69, 9.17) is 0 Å². The van der Waals surface area contributed by atoms with Gasteiger partial charge in [-0.25, -0.2) is 0 Å². The smallest absolute Gasteiger partial charge is 0.0582 e. The maximum absolute atomic E-state index is 9.99. The molecule has 0 heterocycles. The Bertz CT molecular complexity index is 262. The number of fused-ring (bicyclic) bond motifs is 1. The first-order valence-electron chi connectivity index (χ1n) is 5.73. The van der Waals surface area contributed by atoms with Crippen molar-refractivity contribution in [1.29, 1.82) is 0 Å². The van der Waals surface area contributed by atoms with Gasteiger partial charge >= 0.3 is 0 Å². The van der Waals surface area contributed by atoms with Crippen molar-refractivity contribution < 1.29 is 5.11 Å². The van der Waals surface area contributed by atoms with Crippen molar-refractivity contribution in [1.82, 2.24) is 0 Å². The first-order chi connectivity index (χ1) is 6.05. The van der Waals surface area contributed by atoms with Gasteiger partial charge in [0.15, 0.2) is 0 Å². The number of aliphatic hydroxyl groups excluding tert-OH is 1. The SMILES string of the molecule is C[C@H]1CCC2(C)C3[C@@H](O)C[C@H](C)C312. The first-order valence-corrected chi connectivity index (χ1v) is 5.73. The van der Waals surface area contributed by atoms with Crippen LogP contribution in [-0.2, 0) is 0 Å². The lowest BCUT2D eigenvalue weighted by Gasteiger charge is -2.25. The summed E-state index contributed by atoms with van der Waals surface area (Å²) in [5.41, 5.74) is 1.07. The minimum absolute atomic E-state index is 0.0164. The van der Waals surface area contributed by atoms with Gasteiger partial charge < -0.3 is 5.11 Å². The summed E-state index contributed by atoms with van der Waals surface area (Å²) in [5, 5.41) is 9.99. The molecule has 3 unspecified atom stereocenters. The highest BCUT2D eigenvalue weighted by molar-refractivity contribution is 5.31. The van der Waals surface area contributed by atoms with E-state index in [0.717, 1.165) is 18.3 Å². The van der Waals surface area contributed by atoms with Crippen molar-refractivity contribution in [3.8, 4) is 0 Å². The Hall–Kier alpha value is -0.0400. The summed E-state index contributed by atoms with van der Waals surface area (Å²) in [7, 11) is 0. The quantitative estimate of drug-likeness (QED) is 0.607. The van der Waals surface area contributed by atoms with E-state index in [1.165, 1.54) is 12.8 Å². The van der Waals surface area contributed by atoms with Gasteiger partial charge in [0, 0.05) is 0 Å². The number of hydrogen-bond donors (Lipinski definition) is 1. The van der Waals surface area contributed by atoms with Crippen LogP contribution in [0.3, 0.4) is 0 Å². The molecule has 1 N–H and O–H groups in total. The van der Waals surface area contributed by atoms with Crippen molar-refractivity contribution in [2.75, 3.05) is 0 Å². The summed E-state index contributed by atoms with van der Waals surface area (Å²) in [6.07, 6.45) is 3.83. The summed E-state index contributed by atoms with van der Waals surface area (Å²) in [5.74, 6) is 2.27. The van der Waals surface area contributed by atoms with Gasteiger partial charge in [0.1, 0.15) is 0 Å². The molecule has 0 saturated heterocycles. The fraction of sp³-hybridized carbons (Fsp3) is 1.00. The zero-order valence-electron chi connectivity index (χ0n) is 8.88. The predicted octanol–water partition coefficient (Wildman–Crippen LogP) is 2.44. The van der Waals surface area contributed by atoms with Crippen molar-refractivity contribution in [2.45, 2.75) is 46.1 Å². The molecular weight excluding hydrogens is 160 g/mol. The average Bonchev–Trinajstić information content (AvgIpc) is 2.35. The van der Waals surface area contributed by atoms with Crippen LogP contribution < -0.4 is 0 Å². The van der Waals surface area contributed by atoms with Gasteiger partial charge in [-0.2, -0.15) is 0 Å². The Morgan fingerprint density at radius 2 is 1.92 bits per heavy atom. The molecule has 3 rings (SSSR count). The fourth-order valence-corrected chi connectivity index (χ4v) is 5.57. The van der Waals surface area contributed by atoms with Crippen LogP contribution in [0.2, 0.25) is 0 Å². The van der Waals surface area contributed by atoms with E-state index >= 15 is 0 Å². The topological polar surface area (TPSA) is 20.2 Å². The summed E-state index contributed by atoms with van der Waals surface area (Å²) in [6.45, 7) is 7.18. The molecular formula is C12H20O. The van der Waals surface area contributed by atoms with Gasteiger partial charge in [-0.1, -0.05) is 20.8 Å². The molecule has 13 heavy (non-hydrogen) atoms. The van der Waals surface area contributed by atoms with E-state index in [2.05, 4.69) is 20.8 Å². The van der Waals surface area contributed by atoms with E-state index < -0.39 is 0 Å². The Morgan fingerprint density at radius 1 is 1.23 bits per heavy atom. The van der Waals surface area contributed by atoms with E-state index in [0.29, 0.717) is 16.7 Å². The van der Waals surface area contributed by atoms with Crippen LogP contribution in [0.5, 0.6) is 0 Å². The zero-order valence-corrected chi connectivity index (χ0v) is 8.88. The molecule has 74 valence electrons. The van der Waals surface area contributed by atoms with Gasteiger partial charge in [-0.15, -0.1) is 0 Å². The lowest BCUT2D eigenvalue weighted by Crippen LogP contribution is -2.20. The van der Waals surface area contributed by atoms with E-state index in [1.807, 2.05) is 0 Å². The van der Waals surface area contributed by atoms with Crippen LogP contribution >= 0.6 is 0 Å². The standard InChI is InChI=1S/C12H20O/c1-7-4-5-11(3)10-9(13)6-8(2)12(7,10)11/h7-10,13H,4-6H2,1-3H3/t7-,8-,9-,10?,11?,12?/m0/s1. The summed E-state index contributed by atoms with van der Waals surface area (Å²) in [6, 6.07) is 0. The monoisotopic (exact) mass is 180 g/mol. The number of rotatable bonds is 0. The molecule has 0 bridgehead atoms. The summed E-state index contributed by atoms with van der Waals surface area (Å²) >= 11 is 0.